The van der Waals surface area contributed by atoms with Crippen LogP contribution in [0.1, 0.15) is 15.9 Å². The van der Waals surface area contributed by atoms with E-state index < -0.39 is 77.4 Å². The minimum Gasteiger partial charge on any atom is -0.507 e. The van der Waals surface area contributed by atoms with Gasteiger partial charge in [-0.25, -0.2) is 0 Å². The van der Waals surface area contributed by atoms with Gasteiger partial charge in [0, 0.05) is 6.07 Å². The van der Waals surface area contributed by atoms with Crippen molar-refractivity contribution in [2.24, 2.45) is 0 Å². The number of phenols is 5. The van der Waals surface area contributed by atoms with Gasteiger partial charge in [-0.1, -0.05) is 12.1 Å². The Bertz CT molecular complexity index is 1060. The molecule has 5 atom stereocenters. The third-order valence-corrected chi connectivity index (χ3v) is 4.98. The Hall–Kier alpha value is -3.55. The Morgan fingerprint density at radius 2 is 1.61 bits per heavy atom. The summed E-state index contributed by atoms with van der Waals surface area (Å²) in [7, 11) is 0. The Morgan fingerprint density at radius 1 is 0.909 bits per heavy atom. The number of rotatable bonds is 6. The van der Waals surface area contributed by atoms with E-state index in [9.17, 15) is 50.8 Å². The summed E-state index contributed by atoms with van der Waals surface area (Å²) in [5.41, 5.74) is -0.377. The van der Waals surface area contributed by atoms with E-state index >= 15 is 0 Å². The summed E-state index contributed by atoms with van der Waals surface area (Å²) >= 11 is 0. The van der Waals surface area contributed by atoms with E-state index in [1.165, 1.54) is 18.2 Å². The lowest BCUT2D eigenvalue weighted by Crippen LogP contribution is -2.60. The second-order valence-corrected chi connectivity index (χ2v) is 7.23. The molecule has 12 nitrogen and oxygen atoms in total. The summed E-state index contributed by atoms with van der Waals surface area (Å²) in [6.45, 7) is -0.730. The molecule has 33 heavy (non-hydrogen) atoms. The molecule has 1 saturated heterocycles. The number of aromatic hydroxyl groups is 5. The van der Waals surface area contributed by atoms with E-state index in [0.29, 0.717) is 5.56 Å². The van der Waals surface area contributed by atoms with Crippen molar-refractivity contribution in [3.05, 3.63) is 41.5 Å². The number of ether oxygens (including phenoxy) is 2. The van der Waals surface area contributed by atoms with Crippen molar-refractivity contribution in [2.75, 3.05) is 6.61 Å². The highest BCUT2D eigenvalue weighted by Gasteiger charge is 2.45. The molecule has 0 aromatic heterocycles. The Kier molecular flexibility index (Phi) is 6.95. The van der Waals surface area contributed by atoms with Crippen LogP contribution in [0, 0.1) is 0 Å². The summed E-state index contributed by atoms with van der Waals surface area (Å²) in [6.07, 6.45) is -6.11. The molecule has 0 aliphatic carbocycles. The molecular formula is C21H22O12. The van der Waals surface area contributed by atoms with Crippen molar-refractivity contribution in [1.82, 2.24) is 0 Å². The maximum absolute atomic E-state index is 12.5. The van der Waals surface area contributed by atoms with Gasteiger partial charge in [0.1, 0.15) is 35.7 Å². The number of hydrogen-bond acceptors (Lipinski definition) is 12. The van der Waals surface area contributed by atoms with Gasteiger partial charge in [0.15, 0.2) is 28.8 Å². The zero-order valence-electron chi connectivity index (χ0n) is 16.8. The third kappa shape index (κ3) is 4.79. The minimum atomic E-state index is -1.82. The number of allylic oxidation sites excluding steroid dienone is 1. The van der Waals surface area contributed by atoms with Gasteiger partial charge >= 0.3 is 0 Å². The number of carbonyl (C=O) groups excluding carboxylic acids is 1. The van der Waals surface area contributed by atoms with Crippen LogP contribution >= 0.6 is 0 Å². The van der Waals surface area contributed by atoms with Gasteiger partial charge < -0.3 is 55.4 Å². The van der Waals surface area contributed by atoms with E-state index in [4.69, 9.17) is 9.47 Å². The lowest BCUT2D eigenvalue weighted by molar-refractivity contribution is -0.277. The number of benzene rings is 2. The molecule has 0 amide bonds. The first-order valence-corrected chi connectivity index (χ1v) is 9.54. The molecule has 1 fully saturated rings. The summed E-state index contributed by atoms with van der Waals surface area (Å²) in [5.74, 6) is -5.23. The Morgan fingerprint density at radius 3 is 2.24 bits per heavy atom. The zero-order chi connectivity index (χ0) is 24.4. The van der Waals surface area contributed by atoms with Crippen LogP contribution in [0.2, 0.25) is 0 Å². The second kappa shape index (κ2) is 9.52. The molecule has 178 valence electrons. The summed E-state index contributed by atoms with van der Waals surface area (Å²) < 4.78 is 10.3. The van der Waals surface area contributed by atoms with Gasteiger partial charge in [-0.3, -0.25) is 4.79 Å². The molecule has 1 aliphatic heterocycles. The normalized spacial score (nSPS) is 25.3. The fraction of sp³-hybridized carbons (Fsp3) is 0.286. The quantitative estimate of drug-likeness (QED) is 0.112. The number of carbonyl (C=O) groups is 1. The van der Waals surface area contributed by atoms with Crippen LogP contribution in [-0.4, -0.2) is 89.1 Å². The standard InChI is InChI=1S/C21H22O12/c22-7-14-17(28)19(30)20(31)21(33-14)32-13-6-12(26)15(18(29)16(13)27)10(24)4-2-8-1-3-9(23)11(25)5-8/h1-6,14,17,19-23,25-31H,7H2/b4-2+/t14?,17-,19-,20?,21-/m1/s1. The summed E-state index contributed by atoms with van der Waals surface area (Å²) in [4.78, 5) is 12.5. The van der Waals surface area contributed by atoms with Gasteiger partial charge in [-0.05, 0) is 23.8 Å². The number of phenolic OH excluding ortho intramolecular Hbond substituents is 5. The van der Waals surface area contributed by atoms with Crippen LogP contribution in [0.15, 0.2) is 30.3 Å². The molecule has 2 aromatic carbocycles. The molecule has 1 heterocycles. The molecule has 0 bridgehead atoms. The maximum atomic E-state index is 12.5. The van der Waals surface area contributed by atoms with Gasteiger partial charge in [-0.15, -0.1) is 0 Å². The number of hydrogen-bond donors (Lipinski definition) is 9. The van der Waals surface area contributed by atoms with Crippen LogP contribution in [0.3, 0.4) is 0 Å². The SMILES string of the molecule is O=C(/C=C/c1ccc(O)c(O)c1)c1c(O)cc(O[C@@H]2OC(CO)[C@@H](O)[C@@H](O)C2O)c(O)c1O. The Labute approximate surface area is 186 Å². The molecule has 2 unspecified atom stereocenters. The molecule has 2 aromatic rings. The van der Waals surface area contributed by atoms with Crippen LogP contribution in [0.25, 0.3) is 6.08 Å². The third-order valence-electron chi connectivity index (χ3n) is 4.98. The van der Waals surface area contributed by atoms with Gasteiger partial charge in [0.05, 0.1) is 6.61 Å². The van der Waals surface area contributed by atoms with Crippen LogP contribution in [0.4, 0.5) is 0 Å². The Balaban J connectivity index is 1.84. The lowest BCUT2D eigenvalue weighted by atomic mass is 9.99. The van der Waals surface area contributed by atoms with Crippen molar-refractivity contribution < 1.29 is 60.2 Å². The van der Waals surface area contributed by atoms with Crippen LogP contribution < -0.4 is 4.74 Å². The van der Waals surface area contributed by atoms with Crippen molar-refractivity contribution in [1.29, 1.82) is 0 Å². The minimum absolute atomic E-state index is 0.310. The second-order valence-electron chi connectivity index (χ2n) is 7.23. The molecule has 0 saturated carbocycles. The average molecular weight is 466 g/mol. The van der Waals surface area contributed by atoms with E-state index in [1.54, 1.807) is 0 Å². The first-order chi connectivity index (χ1) is 15.5. The van der Waals surface area contributed by atoms with Gasteiger partial charge in [0.2, 0.25) is 12.0 Å². The fourth-order valence-electron chi connectivity index (χ4n) is 3.14. The summed E-state index contributed by atoms with van der Waals surface area (Å²) in [5, 5.41) is 88.3. The molecule has 0 spiro atoms. The highest BCUT2D eigenvalue weighted by Crippen LogP contribution is 2.44. The highest BCUT2D eigenvalue weighted by atomic mass is 16.7. The molecule has 3 rings (SSSR count). The average Bonchev–Trinajstić information content (AvgIpc) is 2.78. The first-order valence-electron chi connectivity index (χ1n) is 9.54. The van der Waals surface area contributed by atoms with Crippen molar-refractivity contribution in [3.8, 4) is 34.5 Å². The predicted molar refractivity (Wildman–Crippen MR) is 109 cm³/mol. The largest absolute Gasteiger partial charge is 0.507 e. The number of aliphatic hydroxyl groups excluding tert-OH is 4. The van der Waals surface area contributed by atoms with E-state index in [1.807, 2.05) is 0 Å². The van der Waals surface area contributed by atoms with Crippen molar-refractivity contribution in [2.45, 2.75) is 30.7 Å². The number of aliphatic hydroxyl groups is 4. The molecule has 12 heteroatoms. The van der Waals surface area contributed by atoms with Crippen molar-refractivity contribution in [3.63, 3.8) is 0 Å². The molecular weight excluding hydrogens is 444 g/mol. The number of ketones is 1. The highest BCUT2D eigenvalue weighted by molar-refractivity contribution is 6.11. The maximum Gasteiger partial charge on any atom is 0.229 e. The predicted octanol–water partition coefficient (Wildman–Crippen LogP) is -0.711. The van der Waals surface area contributed by atoms with Crippen LogP contribution in [-0.2, 0) is 4.74 Å². The van der Waals surface area contributed by atoms with Gasteiger partial charge in [-0.2, -0.15) is 0 Å². The summed E-state index contributed by atoms with van der Waals surface area (Å²) in [6, 6.07) is 4.48. The van der Waals surface area contributed by atoms with E-state index in [2.05, 4.69) is 0 Å². The zero-order valence-corrected chi connectivity index (χ0v) is 16.8. The van der Waals surface area contributed by atoms with E-state index in [0.717, 1.165) is 18.2 Å². The molecule has 9 N–H and O–H groups in total. The van der Waals surface area contributed by atoms with Gasteiger partial charge in [0.25, 0.3) is 0 Å². The fourth-order valence-corrected chi connectivity index (χ4v) is 3.14. The van der Waals surface area contributed by atoms with E-state index in [-0.39, 0.29) is 5.75 Å². The van der Waals surface area contributed by atoms with Crippen molar-refractivity contribution >= 4 is 11.9 Å². The first kappa shape index (κ1) is 24.1. The lowest BCUT2D eigenvalue weighted by Gasteiger charge is -2.39. The van der Waals surface area contributed by atoms with Crippen LogP contribution in [0.5, 0.6) is 34.5 Å². The topological polar surface area (TPSA) is 218 Å². The molecule has 1 aliphatic rings. The smallest absolute Gasteiger partial charge is 0.229 e. The molecule has 0 radical (unpaired) electrons. The monoisotopic (exact) mass is 466 g/mol.